The minimum Gasteiger partial charge on any atom is -0.394 e. The Morgan fingerprint density at radius 3 is 2.65 bits per heavy atom. The van der Waals surface area contributed by atoms with Crippen molar-refractivity contribution in [2.45, 2.75) is 44.2 Å². The Morgan fingerprint density at radius 2 is 2.15 bits per heavy atom. The van der Waals surface area contributed by atoms with Gasteiger partial charge in [0.25, 0.3) is 0 Å². The summed E-state index contributed by atoms with van der Waals surface area (Å²) in [4.78, 5) is 12.7. The third-order valence-corrected chi connectivity index (χ3v) is 4.40. The van der Waals surface area contributed by atoms with Gasteiger partial charge in [0.1, 0.15) is 0 Å². The van der Waals surface area contributed by atoms with Crippen LogP contribution in [0.25, 0.3) is 0 Å². The lowest BCUT2D eigenvalue weighted by molar-refractivity contribution is -0.129. The highest BCUT2D eigenvalue weighted by molar-refractivity contribution is 5.87. The maximum atomic E-state index is 12.7. The first kappa shape index (κ1) is 15.0. The van der Waals surface area contributed by atoms with Gasteiger partial charge in [0.2, 0.25) is 5.91 Å². The Kier molecular flexibility index (Phi) is 4.45. The van der Waals surface area contributed by atoms with Gasteiger partial charge in [0, 0.05) is 0 Å². The second-order valence-electron chi connectivity index (χ2n) is 5.78. The van der Waals surface area contributed by atoms with E-state index in [1.54, 1.807) is 0 Å². The molecule has 110 valence electrons. The Balaban J connectivity index is 2.20. The van der Waals surface area contributed by atoms with E-state index in [1.807, 2.05) is 44.2 Å². The summed E-state index contributed by atoms with van der Waals surface area (Å²) in [7, 11) is 0. The maximum Gasteiger partial charge on any atom is 0.241 e. The van der Waals surface area contributed by atoms with Gasteiger partial charge in [-0.25, -0.2) is 0 Å². The van der Waals surface area contributed by atoms with Crippen molar-refractivity contribution in [1.29, 1.82) is 0 Å². The first-order valence-electron chi connectivity index (χ1n) is 7.30. The number of nitrogens with one attached hydrogen (secondary N) is 2. The van der Waals surface area contributed by atoms with E-state index in [0.29, 0.717) is 0 Å². The van der Waals surface area contributed by atoms with Gasteiger partial charge in [-0.2, -0.15) is 0 Å². The summed E-state index contributed by atoms with van der Waals surface area (Å²) >= 11 is 0. The molecule has 1 saturated heterocycles. The highest BCUT2D eigenvalue weighted by Gasteiger charge is 2.42. The van der Waals surface area contributed by atoms with Gasteiger partial charge in [-0.05, 0) is 38.3 Å². The molecule has 1 amide bonds. The predicted molar refractivity (Wildman–Crippen MR) is 79.3 cm³/mol. The Labute approximate surface area is 120 Å². The second-order valence-corrected chi connectivity index (χ2v) is 5.78. The topological polar surface area (TPSA) is 61.4 Å². The summed E-state index contributed by atoms with van der Waals surface area (Å²) in [5.41, 5.74) is -0.309. The standard InChI is InChI=1S/C16H24N2O2/c1-3-16(10-7-11-17-16)14(20)18-15(2,12-19)13-8-5-4-6-9-13/h4-6,8-9,17,19H,3,7,10-12H2,1-2H3,(H,18,20). The SMILES string of the molecule is CCC1(C(=O)NC(C)(CO)c2ccccc2)CCCN1. The number of aliphatic hydroxyl groups is 1. The highest BCUT2D eigenvalue weighted by atomic mass is 16.3. The molecule has 20 heavy (non-hydrogen) atoms. The minimum atomic E-state index is -0.745. The van der Waals surface area contributed by atoms with Crippen molar-refractivity contribution in [3.8, 4) is 0 Å². The quantitative estimate of drug-likeness (QED) is 0.764. The molecular weight excluding hydrogens is 252 g/mol. The average Bonchev–Trinajstić information content (AvgIpc) is 2.98. The zero-order valence-electron chi connectivity index (χ0n) is 12.3. The van der Waals surface area contributed by atoms with Crippen molar-refractivity contribution >= 4 is 5.91 Å². The van der Waals surface area contributed by atoms with Crippen LogP contribution in [0.2, 0.25) is 0 Å². The van der Waals surface area contributed by atoms with Crippen LogP contribution in [0, 0.1) is 0 Å². The molecular formula is C16H24N2O2. The van der Waals surface area contributed by atoms with E-state index in [0.717, 1.165) is 31.4 Å². The summed E-state index contributed by atoms with van der Waals surface area (Å²) in [6.45, 7) is 4.64. The minimum absolute atomic E-state index is 0.0158. The molecule has 1 heterocycles. The van der Waals surface area contributed by atoms with Crippen LogP contribution in [0.1, 0.15) is 38.7 Å². The third-order valence-electron chi connectivity index (χ3n) is 4.40. The number of carbonyl (C=O) groups excluding carboxylic acids is 1. The molecule has 4 nitrogen and oxygen atoms in total. The molecule has 0 bridgehead atoms. The summed E-state index contributed by atoms with van der Waals surface area (Å²) in [6.07, 6.45) is 2.63. The fourth-order valence-electron chi connectivity index (χ4n) is 2.84. The summed E-state index contributed by atoms with van der Waals surface area (Å²) in [6, 6.07) is 9.61. The van der Waals surface area contributed by atoms with Gasteiger partial charge in [-0.3, -0.25) is 4.79 Å². The molecule has 1 aliphatic heterocycles. The lowest BCUT2D eigenvalue weighted by Gasteiger charge is -2.35. The molecule has 0 radical (unpaired) electrons. The van der Waals surface area contributed by atoms with Crippen LogP contribution in [0.3, 0.4) is 0 Å². The van der Waals surface area contributed by atoms with Crippen molar-refractivity contribution in [3.63, 3.8) is 0 Å². The van der Waals surface area contributed by atoms with Crippen LogP contribution in [0.15, 0.2) is 30.3 Å². The molecule has 1 aromatic carbocycles. The average molecular weight is 276 g/mol. The number of hydrogen-bond donors (Lipinski definition) is 3. The van der Waals surface area contributed by atoms with E-state index < -0.39 is 11.1 Å². The largest absolute Gasteiger partial charge is 0.394 e. The lowest BCUT2D eigenvalue weighted by atomic mass is 9.88. The molecule has 0 spiro atoms. The number of rotatable bonds is 5. The van der Waals surface area contributed by atoms with E-state index in [1.165, 1.54) is 0 Å². The van der Waals surface area contributed by atoms with Crippen molar-refractivity contribution in [2.75, 3.05) is 13.2 Å². The van der Waals surface area contributed by atoms with Crippen molar-refractivity contribution in [2.24, 2.45) is 0 Å². The predicted octanol–water partition coefficient (Wildman–Crippen LogP) is 1.54. The number of benzene rings is 1. The van der Waals surface area contributed by atoms with Crippen LogP contribution in [-0.4, -0.2) is 29.7 Å². The van der Waals surface area contributed by atoms with E-state index in [-0.39, 0.29) is 12.5 Å². The highest BCUT2D eigenvalue weighted by Crippen LogP contribution is 2.26. The molecule has 2 unspecified atom stereocenters. The Bertz CT molecular complexity index is 455. The van der Waals surface area contributed by atoms with Crippen molar-refractivity contribution in [3.05, 3.63) is 35.9 Å². The van der Waals surface area contributed by atoms with E-state index in [2.05, 4.69) is 10.6 Å². The van der Waals surface area contributed by atoms with Gasteiger partial charge < -0.3 is 15.7 Å². The van der Waals surface area contributed by atoms with Gasteiger partial charge in [0.15, 0.2) is 0 Å². The second kappa shape index (κ2) is 5.94. The Hall–Kier alpha value is -1.39. The maximum absolute atomic E-state index is 12.7. The van der Waals surface area contributed by atoms with E-state index in [4.69, 9.17) is 0 Å². The zero-order valence-corrected chi connectivity index (χ0v) is 12.3. The van der Waals surface area contributed by atoms with Gasteiger partial charge in [-0.1, -0.05) is 37.3 Å². The summed E-state index contributed by atoms with van der Waals surface area (Å²) in [5.74, 6) is -0.0158. The number of amides is 1. The van der Waals surface area contributed by atoms with Crippen LogP contribution < -0.4 is 10.6 Å². The molecule has 2 rings (SSSR count). The smallest absolute Gasteiger partial charge is 0.241 e. The summed E-state index contributed by atoms with van der Waals surface area (Å²) < 4.78 is 0. The first-order chi connectivity index (χ1) is 9.56. The molecule has 1 fully saturated rings. The first-order valence-corrected chi connectivity index (χ1v) is 7.30. The number of hydrogen-bond acceptors (Lipinski definition) is 3. The molecule has 1 aliphatic rings. The summed E-state index contributed by atoms with van der Waals surface area (Å²) in [5, 5.41) is 16.1. The fraction of sp³-hybridized carbons (Fsp3) is 0.562. The molecule has 4 heteroatoms. The van der Waals surface area contributed by atoms with E-state index >= 15 is 0 Å². The Morgan fingerprint density at radius 1 is 1.45 bits per heavy atom. The van der Waals surface area contributed by atoms with Gasteiger partial charge in [-0.15, -0.1) is 0 Å². The normalized spacial score (nSPS) is 25.1. The molecule has 1 aromatic rings. The lowest BCUT2D eigenvalue weighted by Crippen LogP contribution is -2.58. The number of carbonyl (C=O) groups is 1. The molecule has 0 aliphatic carbocycles. The van der Waals surface area contributed by atoms with Crippen LogP contribution in [0.5, 0.6) is 0 Å². The van der Waals surface area contributed by atoms with Gasteiger partial charge >= 0.3 is 0 Å². The van der Waals surface area contributed by atoms with Gasteiger partial charge in [0.05, 0.1) is 17.7 Å². The molecule has 3 N–H and O–H groups in total. The van der Waals surface area contributed by atoms with Crippen molar-refractivity contribution < 1.29 is 9.90 Å². The zero-order chi connectivity index (χ0) is 14.6. The van der Waals surface area contributed by atoms with Crippen LogP contribution in [-0.2, 0) is 10.3 Å². The monoisotopic (exact) mass is 276 g/mol. The molecule has 0 aromatic heterocycles. The molecule has 2 atom stereocenters. The van der Waals surface area contributed by atoms with Crippen LogP contribution >= 0.6 is 0 Å². The molecule has 0 saturated carbocycles. The third kappa shape index (κ3) is 2.72. The van der Waals surface area contributed by atoms with Crippen molar-refractivity contribution in [1.82, 2.24) is 10.6 Å². The fourth-order valence-corrected chi connectivity index (χ4v) is 2.84. The van der Waals surface area contributed by atoms with E-state index in [9.17, 15) is 9.90 Å². The van der Waals surface area contributed by atoms with Crippen LogP contribution in [0.4, 0.5) is 0 Å². The number of aliphatic hydroxyl groups excluding tert-OH is 1.